The van der Waals surface area contributed by atoms with Crippen LogP contribution in [-0.2, 0) is 0 Å². The minimum atomic E-state index is -2.33. The molecule has 0 spiro atoms. The summed E-state index contributed by atoms with van der Waals surface area (Å²) in [5.74, 6) is 1.23. The Morgan fingerprint density at radius 2 is 1.14 bits per heavy atom. The third kappa shape index (κ3) is 12.4. The number of piperidine rings is 2. The molecule has 42 heavy (non-hydrogen) atoms. The predicted molar refractivity (Wildman–Crippen MR) is 161 cm³/mol. The fraction of sp³-hybridized carbons (Fsp3) is 0.345. The third-order valence-electron chi connectivity index (χ3n) is 6.64. The Bertz CT molecular complexity index is 1320. The van der Waals surface area contributed by atoms with Crippen molar-refractivity contribution in [3.05, 3.63) is 60.9 Å². The summed E-state index contributed by atoms with van der Waals surface area (Å²) in [5, 5.41) is 29.4. The van der Waals surface area contributed by atoms with E-state index in [1.807, 2.05) is 35.7 Å². The molecule has 9 nitrogen and oxygen atoms in total. The van der Waals surface area contributed by atoms with Gasteiger partial charge in [0, 0.05) is 56.5 Å². The van der Waals surface area contributed by atoms with Crippen LogP contribution in [-0.4, -0.2) is 52.8 Å². The van der Waals surface area contributed by atoms with Gasteiger partial charge in [0.1, 0.15) is 11.6 Å². The molecule has 2 aromatic heterocycles. The number of nitrogens with zero attached hydrogens (tertiary/aromatic N) is 2. The Kier molecular flexibility index (Phi) is 18.4. The monoisotopic (exact) mass is 656 g/mol. The zero-order valence-electron chi connectivity index (χ0n) is 24.2. The number of carboxylic acid groups (broad SMARTS) is 2. The van der Waals surface area contributed by atoms with Gasteiger partial charge in [0.2, 0.25) is 0 Å². The van der Waals surface area contributed by atoms with Gasteiger partial charge < -0.3 is 37.1 Å². The van der Waals surface area contributed by atoms with Gasteiger partial charge in [-0.15, -0.1) is 23.5 Å². The molecule has 0 bridgehead atoms. The maximum atomic E-state index is 8.33. The summed E-state index contributed by atoms with van der Waals surface area (Å²) < 4.78 is 0. The predicted octanol–water partition coefficient (Wildman–Crippen LogP) is -3.12. The van der Waals surface area contributed by atoms with Crippen LogP contribution in [0.15, 0.2) is 70.7 Å². The second-order valence-electron chi connectivity index (χ2n) is 9.58. The fourth-order valence-corrected chi connectivity index (χ4v) is 7.16. The summed E-state index contributed by atoms with van der Waals surface area (Å²) in [7, 11) is 0. The first kappa shape index (κ1) is 38.2. The smallest absolute Gasteiger partial charge is 0.652 e. The molecule has 6 N–H and O–H groups in total. The first-order valence-electron chi connectivity index (χ1n) is 13.3. The number of carbonyl (C=O) groups is 1. The molecule has 2 aliphatic rings. The van der Waals surface area contributed by atoms with Gasteiger partial charge in [0.25, 0.3) is 0 Å². The van der Waals surface area contributed by atoms with Crippen LogP contribution in [0.1, 0.15) is 25.7 Å². The molecule has 2 unspecified atom stereocenters. The Balaban J connectivity index is 0.000000250. The van der Waals surface area contributed by atoms with Crippen LogP contribution in [0.3, 0.4) is 0 Å². The van der Waals surface area contributed by atoms with Crippen LogP contribution in [0, 0.1) is 0 Å². The number of anilines is 2. The quantitative estimate of drug-likeness (QED) is 0.164. The van der Waals surface area contributed by atoms with Crippen LogP contribution in [0.2, 0.25) is 0 Å². The molecule has 2 fully saturated rings. The average Bonchev–Trinajstić information content (AvgIpc) is 2.94. The Morgan fingerprint density at radius 1 is 0.738 bits per heavy atom. The molecule has 0 amide bonds. The molecule has 2 aliphatic heterocycles. The number of nitrogens with two attached hydrogens (primary N) is 2. The topological polar surface area (TPSA) is 165 Å². The molecule has 4 heterocycles. The number of benzene rings is 2. The SMILES string of the molecule is Nc1nccc2cc(SC3CCCNC3)ccc12.Nc1nccc2cc(SC3CCCNC3)ccc12.O=C([O-])[O-].[K+].[K+]. The number of nitrogen functional groups attached to an aromatic ring is 2. The molecule has 2 atom stereocenters. The fourth-order valence-electron chi connectivity index (χ4n) is 4.73. The van der Waals surface area contributed by atoms with Gasteiger partial charge in [-0.2, -0.15) is 0 Å². The molecule has 0 radical (unpaired) electrons. The van der Waals surface area contributed by atoms with Crippen LogP contribution >= 0.6 is 23.5 Å². The molecular formula is C29H34K2N6O3S2. The van der Waals surface area contributed by atoms with Crippen molar-refractivity contribution < 1.29 is 118 Å². The number of hydrogen-bond donors (Lipinski definition) is 4. The number of thioether (sulfide) groups is 2. The van der Waals surface area contributed by atoms with Crippen molar-refractivity contribution in [3.63, 3.8) is 0 Å². The summed E-state index contributed by atoms with van der Waals surface area (Å²) in [6.45, 7) is 4.55. The standard InChI is InChI=1S/2C14H17N3S.CH2O3.2K/c2*15-14-13-4-3-11(8-10(13)5-7-17-14)18-12-2-1-6-16-9-12;2-1(3)4;;/h2*3-5,7-8,12,16H,1-2,6,9H2,(H2,15,17);(H2,2,3,4);;/q;;;2*+1/p-2. The van der Waals surface area contributed by atoms with E-state index in [1.54, 1.807) is 12.4 Å². The van der Waals surface area contributed by atoms with E-state index < -0.39 is 6.16 Å². The number of rotatable bonds is 4. The van der Waals surface area contributed by atoms with Gasteiger partial charge in [0.05, 0.1) is 0 Å². The van der Waals surface area contributed by atoms with Crippen LogP contribution in [0.5, 0.6) is 0 Å². The maximum Gasteiger partial charge on any atom is 1.00 e. The number of carbonyl (C=O) groups excluding carboxylic acids is 1. The van der Waals surface area contributed by atoms with Crippen LogP contribution < -0.4 is 135 Å². The van der Waals surface area contributed by atoms with Gasteiger partial charge in [0.15, 0.2) is 0 Å². The second kappa shape index (κ2) is 20.2. The average molecular weight is 657 g/mol. The van der Waals surface area contributed by atoms with E-state index in [2.05, 4.69) is 57.0 Å². The molecule has 6 rings (SSSR count). The summed E-state index contributed by atoms with van der Waals surface area (Å²) in [5.41, 5.74) is 11.7. The molecule has 4 aromatic rings. The number of nitrogens with one attached hydrogen (secondary N) is 2. The van der Waals surface area contributed by atoms with Crippen molar-refractivity contribution in [1.82, 2.24) is 20.6 Å². The zero-order valence-corrected chi connectivity index (χ0v) is 32.1. The van der Waals surface area contributed by atoms with E-state index in [-0.39, 0.29) is 103 Å². The van der Waals surface area contributed by atoms with Gasteiger partial charge in [-0.25, -0.2) is 9.97 Å². The van der Waals surface area contributed by atoms with E-state index >= 15 is 0 Å². The summed E-state index contributed by atoms with van der Waals surface area (Å²) >= 11 is 3.92. The number of fused-ring (bicyclic) bond motifs is 2. The third-order valence-corrected chi connectivity index (χ3v) is 9.17. The molecule has 2 aromatic carbocycles. The number of hydrogen-bond acceptors (Lipinski definition) is 11. The number of aromatic nitrogens is 2. The molecule has 13 heteroatoms. The normalized spacial score (nSPS) is 17.8. The van der Waals surface area contributed by atoms with Crippen molar-refractivity contribution in [2.75, 3.05) is 37.6 Å². The Morgan fingerprint density at radius 3 is 1.50 bits per heavy atom. The van der Waals surface area contributed by atoms with Gasteiger partial charge >= 0.3 is 103 Å². The zero-order chi connectivity index (χ0) is 28.3. The van der Waals surface area contributed by atoms with Crippen LogP contribution in [0.4, 0.5) is 16.4 Å². The van der Waals surface area contributed by atoms with Crippen molar-refractivity contribution in [2.45, 2.75) is 46.0 Å². The summed E-state index contributed by atoms with van der Waals surface area (Å²) in [4.78, 5) is 19.2. The van der Waals surface area contributed by atoms with Gasteiger partial charge in [-0.05, 0) is 104 Å². The van der Waals surface area contributed by atoms with E-state index in [0.29, 0.717) is 22.1 Å². The first-order chi connectivity index (χ1) is 19.4. The van der Waals surface area contributed by atoms with E-state index in [1.165, 1.54) is 46.2 Å². The van der Waals surface area contributed by atoms with Crippen LogP contribution in [0.25, 0.3) is 21.5 Å². The van der Waals surface area contributed by atoms with Crippen molar-refractivity contribution in [3.8, 4) is 0 Å². The Labute approximate surface area is 340 Å². The second-order valence-corrected chi connectivity index (χ2v) is 12.3. The van der Waals surface area contributed by atoms with Gasteiger partial charge in [-0.1, -0.05) is 0 Å². The largest absolute Gasteiger partial charge is 1.00 e. The molecule has 212 valence electrons. The minimum absolute atomic E-state index is 0. The maximum absolute atomic E-state index is 8.33. The molecule has 0 saturated carbocycles. The number of pyridine rings is 2. The van der Waals surface area contributed by atoms with E-state index in [0.717, 1.165) is 37.0 Å². The summed E-state index contributed by atoms with van der Waals surface area (Å²) in [6.07, 6.45) is 6.37. The Hall–Kier alpha value is 0.0227. The molecular weight excluding hydrogens is 623 g/mol. The molecule has 0 aliphatic carbocycles. The van der Waals surface area contributed by atoms with E-state index in [4.69, 9.17) is 26.5 Å². The van der Waals surface area contributed by atoms with Crippen molar-refractivity contribution in [1.29, 1.82) is 0 Å². The first-order valence-corrected chi connectivity index (χ1v) is 15.1. The molecule has 2 saturated heterocycles. The van der Waals surface area contributed by atoms with Crippen molar-refractivity contribution in [2.24, 2.45) is 0 Å². The minimum Gasteiger partial charge on any atom is -0.652 e. The van der Waals surface area contributed by atoms with Gasteiger partial charge in [-0.3, -0.25) is 0 Å². The van der Waals surface area contributed by atoms with Crippen molar-refractivity contribution >= 4 is 62.9 Å². The van der Waals surface area contributed by atoms with E-state index in [9.17, 15) is 0 Å². The summed E-state index contributed by atoms with van der Waals surface area (Å²) in [6, 6.07) is 16.9.